The zero-order valence-electron chi connectivity index (χ0n) is 19.2. The summed E-state index contributed by atoms with van der Waals surface area (Å²) in [7, 11) is 0. The van der Waals surface area contributed by atoms with E-state index in [4.69, 9.17) is 0 Å². The second kappa shape index (κ2) is 10.2. The molecular formula is C29H29N3O2. The van der Waals surface area contributed by atoms with Gasteiger partial charge < -0.3 is 10.0 Å². The summed E-state index contributed by atoms with van der Waals surface area (Å²) in [5.74, 6) is 6.66. The number of benzene rings is 2. The van der Waals surface area contributed by atoms with Gasteiger partial charge in [0.05, 0.1) is 12.2 Å². The predicted molar refractivity (Wildman–Crippen MR) is 132 cm³/mol. The van der Waals surface area contributed by atoms with Gasteiger partial charge in [-0.3, -0.25) is 14.7 Å². The molecule has 5 heteroatoms. The largest absolute Gasteiger partial charge is 0.395 e. The molecule has 2 saturated heterocycles. The van der Waals surface area contributed by atoms with Gasteiger partial charge in [0, 0.05) is 54.6 Å². The first-order valence-corrected chi connectivity index (χ1v) is 12.0. The molecular weight excluding hydrogens is 422 g/mol. The molecule has 5 rings (SSSR count). The van der Waals surface area contributed by atoms with Crippen molar-refractivity contribution in [3.05, 3.63) is 101 Å². The average Bonchev–Trinajstić information content (AvgIpc) is 2.88. The molecule has 3 atom stereocenters. The van der Waals surface area contributed by atoms with Crippen LogP contribution in [-0.4, -0.2) is 64.1 Å². The van der Waals surface area contributed by atoms with Crippen LogP contribution in [0.2, 0.25) is 0 Å². The van der Waals surface area contributed by atoms with E-state index >= 15 is 0 Å². The number of fused-ring (bicyclic) bond motifs is 1. The van der Waals surface area contributed by atoms with Crippen LogP contribution in [0.5, 0.6) is 0 Å². The van der Waals surface area contributed by atoms with Crippen molar-refractivity contribution >= 4 is 5.91 Å². The first-order chi connectivity index (χ1) is 16.7. The molecule has 0 bridgehead atoms. The SMILES string of the molecule is O=C(c1cccnc1)N1CCCCN2[C@@H](CO)[C@H](c3ccc(C#Cc4ccccc4)cc3)[C@@H]2C1. The minimum atomic E-state index is 0.0349. The van der Waals surface area contributed by atoms with Crippen LogP contribution >= 0.6 is 0 Å². The lowest BCUT2D eigenvalue weighted by atomic mass is 9.74. The van der Waals surface area contributed by atoms with Crippen LogP contribution in [-0.2, 0) is 0 Å². The molecule has 0 aliphatic carbocycles. The van der Waals surface area contributed by atoms with E-state index in [1.54, 1.807) is 18.5 Å². The van der Waals surface area contributed by atoms with Crippen LogP contribution in [0.15, 0.2) is 79.1 Å². The number of pyridine rings is 1. The summed E-state index contributed by atoms with van der Waals surface area (Å²) >= 11 is 0. The highest BCUT2D eigenvalue weighted by Crippen LogP contribution is 2.42. The van der Waals surface area contributed by atoms with Gasteiger partial charge in [-0.05, 0) is 61.3 Å². The standard InChI is InChI=1S/C29H29N3O2/c33-21-27-28(24-14-12-23(13-15-24)11-10-22-7-2-1-3-8-22)26-20-31(17-4-5-18-32(26)27)29(34)25-9-6-16-30-19-25/h1-3,6-9,12-16,19,26-28,33H,4-5,17-18,20-21H2/t26-,27-,28+/m0/s1. The van der Waals surface area contributed by atoms with Crippen LogP contribution in [0.25, 0.3) is 0 Å². The minimum absolute atomic E-state index is 0.0349. The van der Waals surface area contributed by atoms with Crippen molar-refractivity contribution in [1.29, 1.82) is 0 Å². The van der Waals surface area contributed by atoms with Crippen molar-refractivity contribution in [3.8, 4) is 11.8 Å². The summed E-state index contributed by atoms with van der Waals surface area (Å²) in [6.07, 6.45) is 5.31. The van der Waals surface area contributed by atoms with Crippen molar-refractivity contribution in [2.24, 2.45) is 0 Å². The monoisotopic (exact) mass is 451 g/mol. The van der Waals surface area contributed by atoms with E-state index in [2.05, 4.69) is 46.0 Å². The molecule has 1 aromatic heterocycles. The number of nitrogens with zero attached hydrogens (tertiary/aromatic N) is 3. The Labute approximate surface area is 201 Å². The quantitative estimate of drug-likeness (QED) is 0.619. The summed E-state index contributed by atoms with van der Waals surface area (Å²) in [5.41, 5.74) is 3.79. The Hall–Kier alpha value is -3.46. The molecule has 0 unspecified atom stereocenters. The molecule has 2 aliphatic rings. The summed E-state index contributed by atoms with van der Waals surface area (Å²) in [6, 6.07) is 22.3. The predicted octanol–water partition coefficient (Wildman–Crippen LogP) is 3.55. The Kier molecular flexibility index (Phi) is 6.71. The lowest BCUT2D eigenvalue weighted by Gasteiger charge is -2.57. The highest BCUT2D eigenvalue weighted by molar-refractivity contribution is 5.93. The summed E-state index contributed by atoms with van der Waals surface area (Å²) in [6.45, 7) is 2.49. The Morgan fingerprint density at radius 2 is 1.68 bits per heavy atom. The van der Waals surface area contributed by atoms with Gasteiger partial charge in [-0.15, -0.1) is 0 Å². The van der Waals surface area contributed by atoms with E-state index in [0.29, 0.717) is 12.1 Å². The van der Waals surface area contributed by atoms with Gasteiger partial charge in [-0.25, -0.2) is 0 Å². The number of amides is 1. The van der Waals surface area contributed by atoms with Crippen molar-refractivity contribution in [3.63, 3.8) is 0 Å². The van der Waals surface area contributed by atoms with Gasteiger partial charge in [0.1, 0.15) is 0 Å². The fourth-order valence-corrected chi connectivity index (χ4v) is 5.25. The van der Waals surface area contributed by atoms with Gasteiger partial charge >= 0.3 is 0 Å². The van der Waals surface area contributed by atoms with Crippen molar-refractivity contribution in [1.82, 2.24) is 14.8 Å². The topological polar surface area (TPSA) is 56.7 Å². The lowest BCUT2D eigenvalue weighted by Crippen LogP contribution is -2.67. The van der Waals surface area contributed by atoms with Crippen molar-refractivity contribution < 1.29 is 9.90 Å². The van der Waals surface area contributed by atoms with Crippen LogP contribution in [0.4, 0.5) is 0 Å². The van der Waals surface area contributed by atoms with Gasteiger partial charge in [0.15, 0.2) is 0 Å². The van der Waals surface area contributed by atoms with Crippen molar-refractivity contribution in [2.75, 3.05) is 26.2 Å². The van der Waals surface area contributed by atoms with Gasteiger partial charge in [-0.1, -0.05) is 42.2 Å². The number of carbonyl (C=O) groups excluding carboxylic acids is 1. The normalized spacial score (nSPS) is 22.4. The van der Waals surface area contributed by atoms with Crippen molar-refractivity contribution in [2.45, 2.75) is 30.8 Å². The fourth-order valence-electron chi connectivity index (χ4n) is 5.25. The smallest absolute Gasteiger partial charge is 0.255 e. The summed E-state index contributed by atoms with van der Waals surface area (Å²) < 4.78 is 0. The Morgan fingerprint density at radius 1 is 0.941 bits per heavy atom. The van der Waals surface area contributed by atoms with E-state index < -0.39 is 0 Å². The van der Waals surface area contributed by atoms with E-state index in [1.165, 1.54) is 5.56 Å². The lowest BCUT2D eigenvalue weighted by molar-refractivity contribution is -0.0606. The third kappa shape index (κ3) is 4.61. The van der Waals surface area contributed by atoms with Crippen LogP contribution in [0.3, 0.4) is 0 Å². The number of carbonyl (C=O) groups is 1. The van der Waals surface area contributed by atoms with Crippen LogP contribution in [0, 0.1) is 11.8 Å². The Balaban J connectivity index is 1.35. The van der Waals surface area contributed by atoms with E-state index in [1.807, 2.05) is 41.3 Å². The molecule has 34 heavy (non-hydrogen) atoms. The molecule has 0 spiro atoms. The third-order valence-electron chi connectivity index (χ3n) is 6.99. The second-order valence-corrected chi connectivity index (χ2v) is 9.02. The van der Waals surface area contributed by atoms with E-state index in [9.17, 15) is 9.90 Å². The molecule has 2 aromatic carbocycles. The van der Waals surface area contributed by atoms with Crippen LogP contribution < -0.4 is 0 Å². The Morgan fingerprint density at radius 3 is 2.38 bits per heavy atom. The molecule has 1 N–H and O–H groups in total. The molecule has 3 heterocycles. The molecule has 2 aliphatic heterocycles. The first kappa shape index (κ1) is 22.3. The zero-order chi connectivity index (χ0) is 23.3. The number of rotatable bonds is 3. The Bertz CT molecular complexity index is 1170. The summed E-state index contributed by atoms with van der Waals surface area (Å²) in [4.78, 5) is 21.6. The molecule has 2 fully saturated rings. The second-order valence-electron chi connectivity index (χ2n) is 9.02. The third-order valence-corrected chi connectivity index (χ3v) is 6.99. The number of hydrogen-bond donors (Lipinski definition) is 1. The zero-order valence-corrected chi connectivity index (χ0v) is 19.2. The average molecular weight is 452 g/mol. The molecule has 1 amide bonds. The number of aliphatic hydroxyl groups excluding tert-OH is 1. The first-order valence-electron chi connectivity index (χ1n) is 12.0. The molecule has 0 radical (unpaired) electrons. The highest BCUT2D eigenvalue weighted by atomic mass is 16.3. The van der Waals surface area contributed by atoms with Gasteiger partial charge in [0.2, 0.25) is 0 Å². The van der Waals surface area contributed by atoms with E-state index in [0.717, 1.165) is 37.1 Å². The highest BCUT2D eigenvalue weighted by Gasteiger charge is 2.49. The maximum atomic E-state index is 13.2. The molecule has 172 valence electrons. The number of aromatic nitrogens is 1. The number of hydrogen-bond acceptors (Lipinski definition) is 4. The maximum Gasteiger partial charge on any atom is 0.255 e. The minimum Gasteiger partial charge on any atom is -0.395 e. The summed E-state index contributed by atoms with van der Waals surface area (Å²) in [5, 5.41) is 10.2. The fraction of sp³-hybridized carbons (Fsp3) is 0.310. The van der Waals surface area contributed by atoms with E-state index in [-0.39, 0.29) is 30.5 Å². The molecule has 3 aromatic rings. The van der Waals surface area contributed by atoms with Gasteiger partial charge in [0.25, 0.3) is 5.91 Å². The van der Waals surface area contributed by atoms with Crippen LogP contribution in [0.1, 0.15) is 45.8 Å². The number of aliphatic hydroxyl groups is 1. The van der Waals surface area contributed by atoms with Gasteiger partial charge in [-0.2, -0.15) is 0 Å². The molecule has 0 saturated carbocycles. The molecule has 5 nitrogen and oxygen atoms in total. The maximum absolute atomic E-state index is 13.2.